The summed E-state index contributed by atoms with van der Waals surface area (Å²) in [7, 11) is 0. The summed E-state index contributed by atoms with van der Waals surface area (Å²) in [6.45, 7) is 5.02. The Kier molecular flexibility index (Phi) is 3.28. The van der Waals surface area contributed by atoms with Crippen molar-refractivity contribution in [3.8, 4) is 11.3 Å². The second-order valence-corrected chi connectivity index (χ2v) is 5.20. The van der Waals surface area contributed by atoms with E-state index in [1.165, 1.54) is 0 Å². The van der Waals surface area contributed by atoms with Crippen molar-refractivity contribution in [1.29, 1.82) is 5.41 Å². The number of rotatable bonds is 4. The number of hydrogen-bond donors (Lipinski definition) is 2. The van der Waals surface area contributed by atoms with E-state index in [1.807, 2.05) is 27.6 Å². The average Bonchev–Trinajstić information content (AvgIpc) is 2.82. The summed E-state index contributed by atoms with van der Waals surface area (Å²) >= 11 is 1.64. The number of aromatic nitrogens is 2. The Bertz CT molecular complexity index is 511. The molecule has 0 aliphatic rings. The van der Waals surface area contributed by atoms with Crippen molar-refractivity contribution in [2.45, 2.75) is 20.4 Å². The van der Waals surface area contributed by atoms with E-state index in [2.05, 4.69) is 18.9 Å². The highest BCUT2D eigenvalue weighted by atomic mass is 32.1. The standard InChI is InChI=1S/C12H16N4S/c1-8(2)6-16-11(12(13)14)5-10(15-16)9-3-4-17-7-9/h3-5,7-8H,6H2,1-2H3,(H3,13,14). The molecule has 0 unspecified atom stereocenters. The van der Waals surface area contributed by atoms with E-state index in [9.17, 15) is 0 Å². The van der Waals surface area contributed by atoms with Gasteiger partial charge in [0.15, 0.2) is 0 Å². The van der Waals surface area contributed by atoms with Gasteiger partial charge in [-0.05, 0) is 23.4 Å². The molecule has 0 bridgehead atoms. The quantitative estimate of drug-likeness (QED) is 0.645. The lowest BCUT2D eigenvalue weighted by Gasteiger charge is -2.08. The maximum Gasteiger partial charge on any atom is 0.141 e. The van der Waals surface area contributed by atoms with Crippen molar-refractivity contribution >= 4 is 17.2 Å². The van der Waals surface area contributed by atoms with Crippen LogP contribution in [0.4, 0.5) is 0 Å². The van der Waals surface area contributed by atoms with Gasteiger partial charge >= 0.3 is 0 Å². The molecule has 3 N–H and O–H groups in total. The molecule has 0 aliphatic carbocycles. The SMILES string of the molecule is CC(C)Cn1nc(-c2ccsc2)cc1C(=N)N. The number of thiophene rings is 1. The topological polar surface area (TPSA) is 67.7 Å². The summed E-state index contributed by atoms with van der Waals surface area (Å²) < 4.78 is 1.82. The van der Waals surface area contributed by atoms with Gasteiger partial charge in [0.1, 0.15) is 11.5 Å². The lowest BCUT2D eigenvalue weighted by Crippen LogP contribution is -2.19. The maximum absolute atomic E-state index is 7.58. The minimum Gasteiger partial charge on any atom is -0.382 e. The average molecular weight is 248 g/mol. The molecule has 0 fully saturated rings. The van der Waals surface area contributed by atoms with Crippen molar-refractivity contribution in [1.82, 2.24) is 9.78 Å². The zero-order valence-corrected chi connectivity index (χ0v) is 10.8. The van der Waals surface area contributed by atoms with Crippen LogP contribution >= 0.6 is 11.3 Å². The van der Waals surface area contributed by atoms with Gasteiger partial charge in [-0.15, -0.1) is 0 Å². The second kappa shape index (κ2) is 4.71. The van der Waals surface area contributed by atoms with Crippen LogP contribution in [0, 0.1) is 11.3 Å². The summed E-state index contributed by atoms with van der Waals surface area (Å²) in [5, 5.41) is 16.2. The van der Waals surface area contributed by atoms with Crippen molar-refractivity contribution in [2.24, 2.45) is 11.7 Å². The third kappa shape index (κ3) is 2.55. The van der Waals surface area contributed by atoms with Gasteiger partial charge in [-0.2, -0.15) is 16.4 Å². The van der Waals surface area contributed by atoms with E-state index in [4.69, 9.17) is 11.1 Å². The summed E-state index contributed by atoms with van der Waals surface area (Å²) in [4.78, 5) is 0. The van der Waals surface area contributed by atoms with E-state index in [0.29, 0.717) is 11.6 Å². The minimum absolute atomic E-state index is 0.0691. The number of hydrogen-bond acceptors (Lipinski definition) is 3. The Morgan fingerprint density at radius 3 is 2.88 bits per heavy atom. The molecule has 0 saturated carbocycles. The van der Waals surface area contributed by atoms with Gasteiger partial charge in [-0.25, -0.2) is 0 Å². The molecule has 0 radical (unpaired) electrons. The van der Waals surface area contributed by atoms with Gasteiger partial charge in [0.05, 0.1) is 5.69 Å². The fourth-order valence-corrected chi connectivity index (χ4v) is 2.32. The first kappa shape index (κ1) is 11.9. The summed E-state index contributed by atoms with van der Waals surface area (Å²) in [5.41, 5.74) is 8.25. The molecule has 2 aromatic rings. The van der Waals surface area contributed by atoms with E-state index in [1.54, 1.807) is 11.3 Å². The molecule has 17 heavy (non-hydrogen) atoms. The molecule has 0 aromatic carbocycles. The van der Waals surface area contributed by atoms with Gasteiger partial charge < -0.3 is 5.73 Å². The lowest BCUT2D eigenvalue weighted by atomic mass is 10.2. The molecule has 0 spiro atoms. The zero-order valence-electron chi connectivity index (χ0n) is 9.97. The van der Waals surface area contributed by atoms with Crippen LogP contribution in [0.3, 0.4) is 0 Å². The molecule has 0 saturated heterocycles. The highest BCUT2D eigenvalue weighted by molar-refractivity contribution is 7.08. The van der Waals surface area contributed by atoms with Crippen LogP contribution < -0.4 is 5.73 Å². The number of amidine groups is 1. The first-order chi connectivity index (χ1) is 8.08. The Balaban J connectivity index is 2.41. The van der Waals surface area contributed by atoms with E-state index in [0.717, 1.165) is 17.8 Å². The number of nitrogen functional groups attached to an aromatic ring is 1. The largest absolute Gasteiger partial charge is 0.382 e. The van der Waals surface area contributed by atoms with Crippen molar-refractivity contribution in [3.63, 3.8) is 0 Å². The molecule has 2 aromatic heterocycles. The van der Waals surface area contributed by atoms with Crippen LogP contribution in [0.25, 0.3) is 11.3 Å². The molecule has 4 nitrogen and oxygen atoms in total. The highest BCUT2D eigenvalue weighted by Gasteiger charge is 2.12. The maximum atomic E-state index is 7.58. The Morgan fingerprint density at radius 2 is 2.35 bits per heavy atom. The third-order valence-electron chi connectivity index (χ3n) is 2.41. The van der Waals surface area contributed by atoms with Crippen molar-refractivity contribution in [2.75, 3.05) is 0 Å². The van der Waals surface area contributed by atoms with Crippen LogP contribution in [-0.2, 0) is 6.54 Å². The number of nitrogens with two attached hydrogens (primary N) is 1. The van der Waals surface area contributed by atoms with Crippen molar-refractivity contribution in [3.05, 3.63) is 28.6 Å². The lowest BCUT2D eigenvalue weighted by molar-refractivity contribution is 0.481. The Morgan fingerprint density at radius 1 is 1.59 bits per heavy atom. The summed E-state index contributed by atoms with van der Waals surface area (Å²) in [6.07, 6.45) is 0. The van der Waals surface area contributed by atoms with E-state index < -0.39 is 0 Å². The van der Waals surface area contributed by atoms with Gasteiger partial charge in [0.2, 0.25) is 0 Å². The molecule has 5 heteroatoms. The molecule has 0 atom stereocenters. The number of nitrogens with zero attached hydrogens (tertiary/aromatic N) is 2. The van der Waals surface area contributed by atoms with Crippen molar-refractivity contribution < 1.29 is 0 Å². The predicted molar refractivity (Wildman–Crippen MR) is 71.4 cm³/mol. The first-order valence-corrected chi connectivity index (χ1v) is 6.47. The van der Waals surface area contributed by atoms with Gasteiger partial charge in [0, 0.05) is 17.5 Å². The Labute approximate surface area is 105 Å². The zero-order chi connectivity index (χ0) is 12.4. The minimum atomic E-state index is 0.0691. The number of nitrogens with one attached hydrogen (secondary N) is 1. The smallest absolute Gasteiger partial charge is 0.141 e. The molecule has 2 heterocycles. The molecule has 90 valence electrons. The Hall–Kier alpha value is -1.62. The normalized spacial score (nSPS) is 11.0. The van der Waals surface area contributed by atoms with Gasteiger partial charge in [-0.1, -0.05) is 13.8 Å². The first-order valence-electron chi connectivity index (χ1n) is 5.52. The van der Waals surface area contributed by atoms with E-state index >= 15 is 0 Å². The molecular formula is C12H16N4S. The molecule has 0 amide bonds. The third-order valence-corrected chi connectivity index (χ3v) is 3.09. The van der Waals surface area contributed by atoms with Crippen LogP contribution in [0.5, 0.6) is 0 Å². The summed E-state index contributed by atoms with van der Waals surface area (Å²) in [5.74, 6) is 0.544. The second-order valence-electron chi connectivity index (χ2n) is 4.42. The predicted octanol–water partition coefficient (Wildman–Crippen LogP) is 2.55. The molecular weight excluding hydrogens is 232 g/mol. The summed E-state index contributed by atoms with van der Waals surface area (Å²) in [6, 6.07) is 3.91. The van der Waals surface area contributed by atoms with Crippen LogP contribution in [0.2, 0.25) is 0 Å². The molecule has 2 rings (SSSR count). The van der Waals surface area contributed by atoms with Crippen LogP contribution in [-0.4, -0.2) is 15.6 Å². The monoisotopic (exact) mass is 248 g/mol. The van der Waals surface area contributed by atoms with Crippen LogP contribution in [0.1, 0.15) is 19.5 Å². The fourth-order valence-electron chi connectivity index (χ4n) is 1.67. The molecule has 0 aliphatic heterocycles. The van der Waals surface area contributed by atoms with Gasteiger partial charge in [-0.3, -0.25) is 10.1 Å². The highest BCUT2D eigenvalue weighted by Crippen LogP contribution is 2.22. The van der Waals surface area contributed by atoms with E-state index in [-0.39, 0.29) is 5.84 Å². The van der Waals surface area contributed by atoms with Gasteiger partial charge in [0.25, 0.3) is 0 Å². The van der Waals surface area contributed by atoms with Crippen LogP contribution in [0.15, 0.2) is 22.9 Å². The fraction of sp³-hybridized carbons (Fsp3) is 0.333.